The Morgan fingerprint density at radius 1 is 1.17 bits per heavy atom. The van der Waals surface area contributed by atoms with Gasteiger partial charge in [-0.05, 0) is 67.4 Å². The van der Waals surface area contributed by atoms with Crippen molar-refractivity contribution in [2.75, 3.05) is 0 Å². The lowest BCUT2D eigenvalue weighted by Crippen LogP contribution is -2.50. The van der Waals surface area contributed by atoms with Crippen LogP contribution in [0.3, 0.4) is 0 Å². The van der Waals surface area contributed by atoms with E-state index in [4.69, 9.17) is 4.98 Å². The number of carboxylic acids is 1. The van der Waals surface area contributed by atoms with Crippen LogP contribution in [0, 0.1) is 23.2 Å². The summed E-state index contributed by atoms with van der Waals surface area (Å²) in [6.45, 7) is 2.43. The van der Waals surface area contributed by atoms with Crippen molar-refractivity contribution in [3.05, 3.63) is 41.6 Å². The van der Waals surface area contributed by atoms with Crippen LogP contribution in [0.1, 0.15) is 61.0 Å². The van der Waals surface area contributed by atoms with Gasteiger partial charge in [0, 0.05) is 17.0 Å². The largest absolute Gasteiger partial charge is 0.478 e. The van der Waals surface area contributed by atoms with Gasteiger partial charge >= 0.3 is 5.97 Å². The fourth-order valence-electron chi connectivity index (χ4n) is 6.58. The lowest BCUT2D eigenvalue weighted by Gasteiger charge is -2.60. The molecule has 0 saturated heterocycles. The summed E-state index contributed by atoms with van der Waals surface area (Å²) in [5, 5.41) is 10.4. The average molecular weight is 321 g/mol. The highest BCUT2D eigenvalue weighted by Crippen LogP contribution is 2.65. The molecule has 1 aromatic carbocycles. The van der Waals surface area contributed by atoms with Crippen LogP contribution in [0.2, 0.25) is 0 Å². The van der Waals surface area contributed by atoms with E-state index >= 15 is 0 Å². The van der Waals surface area contributed by atoms with Gasteiger partial charge < -0.3 is 5.11 Å². The van der Waals surface area contributed by atoms with E-state index < -0.39 is 5.97 Å². The van der Waals surface area contributed by atoms with Gasteiger partial charge in [-0.1, -0.05) is 25.1 Å². The van der Waals surface area contributed by atoms with Crippen LogP contribution in [-0.2, 0) is 0 Å². The van der Waals surface area contributed by atoms with E-state index in [0.29, 0.717) is 22.8 Å². The first-order chi connectivity index (χ1) is 11.5. The van der Waals surface area contributed by atoms with E-state index in [1.807, 2.05) is 30.3 Å². The molecule has 3 atom stereocenters. The molecule has 4 aliphatic carbocycles. The number of hydrogen-bond donors (Lipinski definition) is 1. The summed E-state index contributed by atoms with van der Waals surface area (Å²) in [5.41, 5.74) is 2.56. The Morgan fingerprint density at radius 2 is 1.88 bits per heavy atom. The number of carbonyl (C=O) groups is 1. The molecule has 1 N–H and O–H groups in total. The van der Waals surface area contributed by atoms with Gasteiger partial charge in [-0.2, -0.15) is 0 Å². The highest BCUT2D eigenvalue weighted by molar-refractivity contribution is 6.02. The topological polar surface area (TPSA) is 50.2 Å². The molecule has 0 radical (unpaired) electrons. The maximum absolute atomic E-state index is 11.8. The highest BCUT2D eigenvalue weighted by Gasteiger charge is 2.55. The van der Waals surface area contributed by atoms with E-state index in [0.717, 1.165) is 28.4 Å². The Bertz CT molecular complexity index is 829. The molecule has 1 heterocycles. The predicted molar refractivity (Wildman–Crippen MR) is 93.1 cm³/mol. The van der Waals surface area contributed by atoms with Crippen molar-refractivity contribution < 1.29 is 9.90 Å². The summed E-state index contributed by atoms with van der Waals surface area (Å²) < 4.78 is 0. The molecule has 124 valence electrons. The van der Waals surface area contributed by atoms with E-state index in [2.05, 4.69) is 6.92 Å². The number of rotatable bonds is 2. The number of benzene rings is 1. The molecule has 0 amide bonds. The molecule has 2 aromatic rings. The highest BCUT2D eigenvalue weighted by atomic mass is 16.4. The first kappa shape index (κ1) is 14.4. The van der Waals surface area contributed by atoms with Crippen molar-refractivity contribution >= 4 is 16.9 Å². The summed E-state index contributed by atoms with van der Waals surface area (Å²) in [7, 11) is 0. The number of aromatic carboxylic acids is 1. The van der Waals surface area contributed by atoms with Crippen LogP contribution >= 0.6 is 0 Å². The Balaban J connectivity index is 1.68. The van der Waals surface area contributed by atoms with Gasteiger partial charge in [-0.25, -0.2) is 4.79 Å². The zero-order valence-corrected chi connectivity index (χ0v) is 14.0. The zero-order valence-electron chi connectivity index (χ0n) is 14.0. The Labute approximate surface area is 142 Å². The molecule has 4 bridgehead atoms. The SMILES string of the molecule is CC12CC3CC(CC(C3)C1c1cc(C(=O)O)c3ccccc3n1)C2. The van der Waals surface area contributed by atoms with Crippen molar-refractivity contribution in [2.45, 2.75) is 44.9 Å². The molecule has 4 fully saturated rings. The van der Waals surface area contributed by atoms with Crippen LogP contribution in [0.5, 0.6) is 0 Å². The van der Waals surface area contributed by atoms with E-state index in [9.17, 15) is 9.90 Å². The number of carboxylic acid groups (broad SMARTS) is 1. The first-order valence-corrected chi connectivity index (χ1v) is 9.16. The summed E-state index contributed by atoms with van der Waals surface area (Å²) in [5.74, 6) is 2.06. The predicted octanol–water partition coefficient (Wildman–Crippen LogP) is 4.86. The fourth-order valence-corrected chi connectivity index (χ4v) is 6.58. The molecule has 3 unspecified atom stereocenters. The Morgan fingerprint density at radius 3 is 2.54 bits per heavy atom. The van der Waals surface area contributed by atoms with Crippen molar-refractivity contribution in [3.8, 4) is 0 Å². The lowest BCUT2D eigenvalue weighted by atomic mass is 9.45. The number of nitrogens with zero attached hydrogens (tertiary/aromatic N) is 1. The molecule has 6 rings (SSSR count). The smallest absolute Gasteiger partial charge is 0.336 e. The van der Waals surface area contributed by atoms with Crippen LogP contribution in [0.25, 0.3) is 10.9 Å². The summed E-state index contributed by atoms with van der Waals surface area (Å²) >= 11 is 0. The second-order valence-corrected chi connectivity index (χ2v) is 8.66. The van der Waals surface area contributed by atoms with Gasteiger partial charge in [-0.15, -0.1) is 0 Å². The Kier molecular flexibility index (Phi) is 2.89. The number of hydrogen-bond acceptors (Lipinski definition) is 2. The monoisotopic (exact) mass is 321 g/mol. The normalized spacial score (nSPS) is 37.0. The van der Waals surface area contributed by atoms with Crippen LogP contribution in [0.4, 0.5) is 0 Å². The van der Waals surface area contributed by atoms with E-state index in [1.165, 1.54) is 32.1 Å². The first-order valence-electron chi connectivity index (χ1n) is 9.16. The van der Waals surface area contributed by atoms with Crippen LogP contribution < -0.4 is 0 Å². The van der Waals surface area contributed by atoms with Gasteiger partial charge in [0.1, 0.15) is 0 Å². The quantitative estimate of drug-likeness (QED) is 0.859. The maximum Gasteiger partial charge on any atom is 0.336 e. The molecule has 4 saturated carbocycles. The van der Waals surface area contributed by atoms with Crippen molar-refractivity contribution in [2.24, 2.45) is 23.2 Å². The minimum absolute atomic E-state index is 0.306. The average Bonchev–Trinajstić information content (AvgIpc) is 2.52. The van der Waals surface area contributed by atoms with Gasteiger partial charge in [0.25, 0.3) is 0 Å². The van der Waals surface area contributed by atoms with Crippen molar-refractivity contribution in [1.29, 1.82) is 0 Å². The third-order valence-electron chi connectivity index (χ3n) is 6.96. The molecule has 3 heteroatoms. The zero-order chi connectivity index (χ0) is 16.5. The van der Waals surface area contributed by atoms with Crippen molar-refractivity contribution in [3.63, 3.8) is 0 Å². The third-order valence-corrected chi connectivity index (χ3v) is 6.96. The Hall–Kier alpha value is -1.90. The molecular weight excluding hydrogens is 298 g/mol. The number of para-hydroxylation sites is 1. The van der Waals surface area contributed by atoms with Crippen LogP contribution in [0.15, 0.2) is 30.3 Å². The van der Waals surface area contributed by atoms with Gasteiger partial charge in [0.15, 0.2) is 0 Å². The molecular formula is C21H23NO2. The lowest BCUT2D eigenvalue weighted by molar-refractivity contribution is -0.0656. The molecule has 24 heavy (non-hydrogen) atoms. The standard InChI is InChI=1S/C21H23NO2/c1-21-10-12-6-13(11-21)8-14(7-12)19(21)18-9-16(20(23)24)15-4-2-3-5-17(15)22-18/h2-5,9,12-14,19H,6-8,10-11H2,1H3,(H,23,24). The van der Waals surface area contributed by atoms with Gasteiger partial charge in [0.2, 0.25) is 0 Å². The summed E-state index contributed by atoms with van der Waals surface area (Å²) in [6, 6.07) is 9.53. The summed E-state index contributed by atoms with van der Waals surface area (Å²) in [4.78, 5) is 16.8. The number of aromatic nitrogens is 1. The second kappa shape index (κ2) is 4.81. The van der Waals surface area contributed by atoms with Crippen molar-refractivity contribution in [1.82, 2.24) is 4.98 Å². The number of pyridine rings is 1. The molecule has 0 spiro atoms. The molecule has 1 aromatic heterocycles. The third kappa shape index (κ3) is 1.96. The van der Waals surface area contributed by atoms with E-state index in [-0.39, 0.29) is 0 Å². The van der Waals surface area contributed by atoms with Gasteiger partial charge in [0.05, 0.1) is 11.1 Å². The minimum atomic E-state index is -0.844. The fraction of sp³-hybridized carbons (Fsp3) is 0.524. The molecule has 4 aliphatic rings. The van der Waals surface area contributed by atoms with E-state index in [1.54, 1.807) is 0 Å². The summed E-state index contributed by atoms with van der Waals surface area (Å²) in [6.07, 6.45) is 6.63. The molecule has 0 aliphatic heterocycles. The number of fused-ring (bicyclic) bond motifs is 1. The van der Waals surface area contributed by atoms with Crippen LogP contribution in [-0.4, -0.2) is 16.1 Å². The van der Waals surface area contributed by atoms with Gasteiger partial charge in [-0.3, -0.25) is 4.98 Å². The minimum Gasteiger partial charge on any atom is -0.478 e. The maximum atomic E-state index is 11.8. The second-order valence-electron chi connectivity index (χ2n) is 8.66. The molecule has 3 nitrogen and oxygen atoms in total.